The average Bonchev–Trinajstić information content (AvgIpc) is 2.69. The Hall–Kier alpha value is -2.40. The van der Waals surface area contributed by atoms with Gasteiger partial charge in [-0.15, -0.1) is 0 Å². The zero-order chi connectivity index (χ0) is 17.7. The zero-order valence-corrected chi connectivity index (χ0v) is 16.0. The standard InChI is InChI=1S/C23H15IO2/c24-21-19(14-8-2-1-3-9-14)15-10-4-5-11-16(15)20-17-12-6-7-13-18(17)23(25)26-22(20)21/h1-13,20,22H. The largest absolute Gasteiger partial charge is 0.452 e. The van der Waals surface area contributed by atoms with Crippen molar-refractivity contribution in [2.75, 3.05) is 0 Å². The maximum atomic E-state index is 12.6. The fraction of sp³-hybridized carbons (Fsp3) is 0.0870. The lowest BCUT2D eigenvalue weighted by Gasteiger charge is -2.39. The van der Waals surface area contributed by atoms with E-state index in [2.05, 4.69) is 65.1 Å². The maximum Gasteiger partial charge on any atom is 0.339 e. The van der Waals surface area contributed by atoms with E-state index in [0.717, 1.165) is 20.3 Å². The molecule has 1 heterocycles. The fourth-order valence-electron chi connectivity index (χ4n) is 4.06. The molecular weight excluding hydrogens is 435 g/mol. The SMILES string of the molecule is O=C1OC2C(I)=C(c3ccccc3)c3ccccc3C2c2ccccc21. The van der Waals surface area contributed by atoms with Crippen molar-refractivity contribution in [1.82, 2.24) is 0 Å². The molecule has 2 aliphatic rings. The second-order valence-corrected chi connectivity index (χ2v) is 7.73. The summed E-state index contributed by atoms with van der Waals surface area (Å²) in [6.07, 6.45) is -0.275. The van der Waals surface area contributed by atoms with Crippen LogP contribution in [0.2, 0.25) is 0 Å². The predicted molar refractivity (Wildman–Crippen MR) is 110 cm³/mol. The van der Waals surface area contributed by atoms with E-state index in [0.29, 0.717) is 5.56 Å². The Labute approximate surface area is 165 Å². The van der Waals surface area contributed by atoms with E-state index in [1.165, 1.54) is 11.1 Å². The molecule has 126 valence electrons. The van der Waals surface area contributed by atoms with Crippen LogP contribution in [0.4, 0.5) is 0 Å². The summed E-state index contributed by atoms with van der Waals surface area (Å²) in [4.78, 5) is 12.6. The van der Waals surface area contributed by atoms with Crippen molar-refractivity contribution in [3.63, 3.8) is 0 Å². The summed E-state index contributed by atoms with van der Waals surface area (Å²) in [6, 6.07) is 26.6. The van der Waals surface area contributed by atoms with Crippen LogP contribution in [0.5, 0.6) is 0 Å². The van der Waals surface area contributed by atoms with Crippen molar-refractivity contribution < 1.29 is 9.53 Å². The van der Waals surface area contributed by atoms with E-state index < -0.39 is 0 Å². The lowest BCUT2D eigenvalue weighted by atomic mass is 9.74. The van der Waals surface area contributed by atoms with Gasteiger partial charge in [0.15, 0.2) is 0 Å². The van der Waals surface area contributed by atoms with Gasteiger partial charge in [-0.1, -0.05) is 72.8 Å². The van der Waals surface area contributed by atoms with Gasteiger partial charge in [-0.25, -0.2) is 4.79 Å². The number of benzene rings is 3. The Bertz CT molecular complexity index is 1050. The summed E-state index contributed by atoms with van der Waals surface area (Å²) in [5.41, 5.74) is 6.49. The van der Waals surface area contributed by atoms with E-state index in [1.807, 2.05) is 36.4 Å². The third-order valence-corrected chi connectivity index (χ3v) is 6.32. The molecule has 0 aromatic heterocycles. The van der Waals surface area contributed by atoms with Gasteiger partial charge in [-0.2, -0.15) is 0 Å². The second-order valence-electron chi connectivity index (χ2n) is 6.57. The van der Waals surface area contributed by atoms with Gasteiger partial charge < -0.3 is 4.74 Å². The van der Waals surface area contributed by atoms with Crippen LogP contribution in [-0.4, -0.2) is 12.1 Å². The molecule has 0 bridgehead atoms. The molecule has 3 heteroatoms. The van der Waals surface area contributed by atoms with Crippen LogP contribution in [0.3, 0.4) is 0 Å². The molecule has 0 saturated carbocycles. The summed E-state index contributed by atoms with van der Waals surface area (Å²) in [6.45, 7) is 0. The highest BCUT2D eigenvalue weighted by Crippen LogP contribution is 2.50. The molecule has 5 rings (SSSR count). The number of carbonyl (C=O) groups excluding carboxylic acids is 1. The van der Waals surface area contributed by atoms with Gasteiger partial charge in [0.25, 0.3) is 0 Å². The minimum Gasteiger partial charge on any atom is -0.452 e. The van der Waals surface area contributed by atoms with Gasteiger partial charge in [0, 0.05) is 9.15 Å². The van der Waals surface area contributed by atoms with Crippen LogP contribution in [0.25, 0.3) is 5.57 Å². The summed E-state index contributed by atoms with van der Waals surface area (Å²) < 4.78 is 7.02. The normalized spacial score (nSPS) is 20.7. The molecule has 0 radical (unpaired) electrons. The average molecular weight is 450 g/mol. The first-order chi connectivity index (χ1) is 12.8. The van der Waals surface area contributed by atoms with E-state index in [4.69, 9.17) is 4.74 Å². The number of hydrogen-bond acceptors (Lipinski definition) is 2. The monoisotopic (exact) mass is 450 g/mol. The Balaban J connectivity index is 1.81. The number of fused-ring (bicyclic) bond motifs is 5. The van der Waals surface area contributed by atoms with Gasteiger partial charge in [0.2, 0.25) is 0 Å². The molecule has 0 amide bonds. The molecule has 2 nitrogen and oxygen atoms in total. The number of halogens is 1. The second kappa shape index (κ2) is 6.09. The van der Waals surface area contributed by atoms with Crippen LogP contribution >= 0.6 is 22.6 Å². The predicted octanol–water partition coefficient (Wildman–Crippen LogP) is 5.57. The van der Waals surface area contributed by atoms with Crippen LogP contribution < -0.4 is 0 Å². The highest BCUT2D eigenvalue weighted by Gasteiger charge is 2.43. The van der Waals surface area contributed by atoms with Crippen LogP contribution in [0, 0.1) is 0 Å². The molecule has 0 saturated heterocycles. The van der Waals surface area contributed by atoms with Gasteiger partial charge in [0.1, 0.15) is 6.10 Å². The van der Waals surface area contributed by atoms with Crippen molar-refractivity contribution in [3.05, 3.63) is 110 Å². The molecule has 0 N–H and O–H groups in total. The first-order valence-electron chi connectivity index (χ1n) is 8.60. The smallest absolute Gasteiger partial charge is 0.339 e. The summed E-state index contributed by atoms with van der Waals surface area (Å²) >= 11 is 2.36. The molecule has 0 fully saturated rings. The molecule has 1 aliphatic heterocycles. The number of hydrogen-bond donors (Lipinski definition) is 0. The van der Waals surface area contributed by atoms with Crippen molar-refractivity contribution in [2.24, 2.45) is 0 Å². The fourth-order valence-corrected chi connectivity index (χ4v) is 5.15. The number of rotatable bonds is 1. The Morgan fingerprint density at radius 3 is 2.04 bits per heavy atom. The van der Waals surface area contributed by atoms with Gasteiger partial charge in [-0.3, -0.25) is 0 Å². The van der Waals surface area contributed by atoms with E-state index >= 15 is 0 Å². The molecule has 0 spiro atoms. The highest BCUT2D eigenvalue weighted by molar-refractivity contribution is 14.1. The first-order valence-corrected chi connectivity index (χ1v) is 9.68. The molecule has 3 aromatic rings. The number of carbonyl (C=O) groups is 1. The Morgan fingerprint density at radius 1 is 0.731 bits per heavy atom. The summed E-state index contributed by atoms with van der Waals surface area (Å²) in [5, 5.41) is 0. The van der Waals surface area contributed by atoms with Crippen molar-refractivity contribution >= 4 is 34.1 Å². The van der Waals surface area contributed by atoms with Crippen molar-refractivity contribution in [2.45, 2.75) is 12.0 Å². The quantitative estimate of drug-likeness (QED) is 0.358. The minimum atomic E-state index is -0.275. The lowest BCUT2D eigenvalue weighted by Crippen LogP contribution is -2.36. The molecule has 2 atom stereocenters. The molecular formula is C23H15IO2. The summed E-state index contributed by atoms with van der Waals surface area (Å²) in [5.74, 6) is -0.192. The Morgan fingerprint density at radius 2 is 1.31 bits per heavy atom. The molecule has 26 heavy (non-hydrogen) atoms. The van der Waals surface area contributed by atoms with Gasteiger partial charge in [0.05, 0.1) is 11.5 Å². The van der Waals surface area contributed by atoms with Crippen LogP contribution in [0.15, 0.2) is 82.4 Å². The topological polar surface area (TPSA) is 26.3 Å². The number of ether oxygens (including phenoxy) is 1. The van der Waals surface area contributed by atoms with Crippen molar-refractivity contribution in [1.29, 1.82) is 0 Å². The summed E-state index contributed by atoms with van der Waals surface area (Å²) in [7, 11) is 0. The van der Waals surface area contributed by atoms with E-state index in [-0.39, 0.29) is 18.0 Å². The van der Waals surface area contributed by atoms with E-state index in [1.54, 1.807) is 0 Å². The maximum absolute atomic E-state index is 12.6. The third-order valence-electron chi connectivity index (χ3n) is 5.17. The van der Waals surface area contributed by atoms with Crippen molar-refractivity contribution in [3.8, 4) is 0 Å². The van der Waals surface area contributed by atoms with E-state index in [9.17, 15) is 4.79 Å². The molecule has 2 unspecified atom stereocenters. The highest BCUT2D eigenvalue weighted by atomic mass is 127. The third kappa shape index (κ3) is 2.27. The molecule has 1 aliphatic carbocycles. The van der Waals surface area contributed by atoms with Gasteiger partial charge in [-0.05, 0) is 50.9 Å². The number of esters is 1. The lowest BCUT2D eigenvalue weighted by molar-refractivity contribution is 0.0316. The Kier molecular flexibility index (Phi) is 3.71. The zero-order valence-electron chi connectivity index (χ0n) is 13.9. The minimum absolute atomic E-state index is 0.0412. The molecule has 3 aromatic carbocycles. The van der Waals surface area contributed by atoms with Crippen LogP contribution in [-0.2, 0) is 4.74 Å². The first kappa shape index (κ1) is 15.8. The van der Waals surface area contributed by atoms with Gasteiger partial charge >= 0.3 is 5.97 Å². The van der Waals surface area contributed by atoms with Crippen LogP contribution in [0.1, 0.15) is 38.5 Å².